The summed E-state index contributed by atoms with van der Waals surface area (Å²) in [6, 6.07) is 12.3. The van der Waals surface area contributed by atoms with Gasteiger partial charge >= 0.3 is 0 Å². The maximum Gasteiger partial charge on any atom is 0.237 e. The van der Waals surface area contributed by atoms with Gasteiger partial charge in [0.25, 0.3) is 0 Å². The third-order valence-electron chi connectivity index (χ3n) is 4.73. The van der Waals surface area contributed by atoms with Crippen molar-refractivity contribution in [2.24, 2.45) is 0 Å². The number of hydrogen-bond donors (Lipinski definition) is 2. The van der Waals surface area contributed by atoms with Crippen LogP contribution in [0.1, 0.15) is 24.5 Å². The number of hydrogen-bond acceptors (Lipinski definition) is 4. The van der Waals surface area contributed by atoms with Gasteiger partial charge in [-0.2, -0.15) is 0 Å². The Bertz CT molecular complexity index is 689. The van der Waals surface area contributed by atoms with Crippen LogP contribution in [0, 0.1) is 0 Å². The Labute approximate surface area is 149 Å². The van der Waals surface area contributed by atoms with E-state index in [1.54, 1.807) is 12.4 Å². The number of fused-ring (bicyclic) bond motifs is 1. The number of carbonyl (C=O) groups excluding carboxylic acids is 1. The van der Waals surface area contributed by atoms with Crippen molar-refractivity contribution in [3.05, 3.63) is 59.9 Å². The van der Waals surface area contributed by atoms with E-state index in [1.165, 1.54) is 11.1 Å². The number of rotatable bonds is 7. The predicted molar refractivity (Wildman–Crippen MR) is 100 cm³/mol. The number of anilines is 1. The minimum atomic E-state index is -0.0976. The topological polar surface area (TPSA) is 57.3 Å². The summed E-state index contributed by atoms with van der Waals surface area (Å²) in [7, 11) is 0. The van der Waals surface area contributed by atoms with Gasteiger partial charge in [0.15, 0.2) is 0 Å². The molecule has 5 heteroatoms. The lowest BCUT2D eigenvalue weighted by atomic mass is 9.99. The van der Waals surface area contributed by atoms with Gasteiger partial charge in [0.1, 0.15) is 0 Å². The fourth-order valence-electron chi connectivity index (χ4n) is 3.16. The van der Waals surface area contributed by atoms with Crippen molar-refractivity contribution in [2.75, 3.05) is 25.0 Å². The van der Waals surface area contributed by atoms with E-state index >= 15 is 0 Å². The third-order valence-corrected chi connectivity index (χ3v) is 4.73. The van der Waals surface area contributed by atoms with Crippen LogP contribution in [-0.4, -0.2) is 41.5 Å². The summed E-state index contributed by atoms with van der Waals surface area (Å²) in [4.78, 5) is 18.7. The molecule has 0 bridgehead atoms. The average Bonchev–Trinajstić information content (AvgIpc) is 2.67. The Morgan fingerprint density at radius 2 is 2.04 bits per heavy atom. The van der Waals surface area contributed by atoms with Gasteiger partial charge in [0.2, 0.25) is 5.91 Å². The van der Waals surface area contributed by atoms with E-state index in [0.29, 0.717) is 6.54 Å². The van der Waals surface area contributed by atoms with Crippen molar-refractivity contribution >= 4 is 11.6 Å². The summed E-state index contributed by atoms with van der Waals surface area (Å²) in [5.74, 6) is 0.112. The van der Waals surface area contributed by atoms with Gasteiger partial charge in [-0.05, 0) is 43.0 Å². The molecule has 0 fully saturated rings. The van der Waals surface area contributed by atoms with E-state index in [9.17, 15) is 4.79 Å². The summed E-state index contributed by atoms with van der Waals surface area (Å²) in [6.45, 7) is 5.29. The second kappa shape index (κ2) is 8.62. The van der Waals surface area contributed by atoms with Crippen LogP contribution in [0.2, 0.25) is 0 Å². The Morgan fingerprint density at radius 3 is 2.84 bits per heavy atom. The Balaban J connectivity index is 1.38. The molecule has 0 spiro atoms. The zero-order chi connectivity index (χ0) is 17.5. The van der Waals surface area contributed by atoms with Crippen molar-refractivity contribution in [3.63, 3.8) is 0 Å². The van der Waals surface area contributed by atoms with Gasteiger partial charge in [-0.3, -0.25) is 14.7 Å². The minimum absolute atomic E-state index is 0.0976. The molecule has 1 aliphatic heterocycles. The zero-order valence-electron chi connectivity index (χ0n) is 14.7. The lowest BCUT2D eigenvalue weighted by molar-refractivity contribution is -0.126. The molecule has 0 radical (unpaired) electrons. The Hall–Kier alpha value is -2.40. The van der Waals surface area contributed by atoms with Crippen LogP contribution in [0.15, 0.2) is 48.8 Å². The molecule has 2 aromatic rings. The highest BCUT2D eigenvalue weighted by molar-refractivity contribution is 5.81. The average molecular weight is 338 g/mol. The number of nitrogens with one attached hydrogen (secondary N) is 2. The second-order valence-corrected chi connectivity index (χ2v) is 6.48. The monoisotopic (exact) mass is 338 g/mol. The molecule has 1 aliphatic rings. The first-order valence-corrected chi connectivity index (χ1v) is 8.96. The molecule has 132 valence electrons. The third kappa shape index (κ3) is 4.79. The van der Waals surface area contributed by atoms with Crippen LogP contribution in [0.5, 0.6) is 0 Å². The fourth-order valence-corrected chi connectivity index (χ4v) is 3.16. The van der Waals surface area contributed by atoms with Crippen molar-refractivity contribution in [2.45, 2.75) is 32.4 Å². The number of amides is 1. The molecule has 1 aromatic heterocycles. The Morgan fingerprint density at radius 1 is 1.20 bits per heavy atom. The highest BCUT2D eigenvalue weighted by Crippen LogP contribution is 2.20. The molecule has 2 heterocycles. The van der Waals surface area contributed by atoms with Crippen molar-refractivity contribution in [1.29, 1.82) is 0 Å². The largest absolute Gasteiger partial charge is 0.384 e. The molecule has 0 saturated heterocycles. The van der Waals surface area contributed by atoms with E-state index in [2.05, 4.69) is 44.8 Å². The van der Waals surface area contributed by atoms with Gasteiger partial charge in [-0.1, -0.05) is 24.3 Å². The fraction of sp³-hybridized carbons (Fsp3) is 0.400. The van der Waals surface area contributed by atoms with Gasteiger partial charge in [-0.15, -0.1) is 0 Å². The molecule has 2 N–H and O–H groups in total. The molecule has 1 amide bonds. The highest BCUT2D eigenvalue weighted by Gasteiger charge is 2.24. The highest BCUT2D eigenvalue weighted by atomic mass is 16.2. The summed E-state index contributed by atoms with van der Waals surface area (Å²) in [5.41, 5.74) is 3.76. The van der Waals surface area contributed by atoms with Crippen molar-refractivity contribution in [3.8, 4) is 0 Å². The van der Waals surface area contributed by atoms with E-state index < -0.39 is 0 Å². The minimum Gasteiger partial charge on any atom is -0.384 e. The first-order valence-electron chi connectivity index (χ1n) is 8.96. The number of nitrogens with zero attached hydrogens (tertiary/aromatic N) is 2. The van der Waals surface area contributed by atoms with Crippen molar-refractivity contribution in [1.82, 2.24) is 15.2 Å². The molecule has 0 aliphatic carbocycles. The lowest BCUT2D eigenvalue weighted by Gasteiger charge is -2.32. The SMILES string of the molecule is CC(C(=O)NCCCNc1cccnc1)N1CCc2ccccc2C1. The molecular weight excluding hydrogens is 312 g/mol. The molecule has 5 nitrogen and oxygen atoms in total. The molecule has 25 heavy (non-hydrogen) atoms. The molecule has 1 aromatic carbocycles. The van der Waals surface area contributed by atoms with Crippen molar-refractivity contribution < 1.29 is 4.79 Å². The zero-order valence-corrected chi connectivity index (χ0v) is 14.7. The lowest BCUT2D eigenvalue weighted by Crippen LogP contribution is -2.47. The normalized spacial score (nSPS) is 15.2. The number of aromatic nitrogens is 1. The molecule has 3 rings (SSSR count). The van der Waals surface area contributed by atoms with Crippen LogP contribution in [0.3, 0.4) is 0 Å². The summed E-state index contributed by atoms with van der Waals surface area (Å²) in [6.07, 6.45) is 5.46. The van der Waals surface area contributed by atoms with E-state index in [-0.39, 0.29) is 11.9 Å². The summed E-state index contributed by atoms with van der Waals surface area (Å²) >= 11 is 0. The smallest absolute Gasteiger partial charge is 0.237 e. The summed E-state index contributed by atoms with van der Waals surface area (Å²) in [5, 5.41) is 6.35. The van der Waals surface area contributed by atoms with Gasteiger partial charge in [-0.25, -0.2) is 0 Å². The van der Waals surface area contributed by atoms with Crippen LogP contribution in [-0.2, 0) is 17.8 Å². The second-order valence-electron chi connectivity index (χ2n) is 6.48. The standard InChI is InChI=1S/C20H26N4O/c1-16(24-13-9-17-6-2-3-7-18(17)15-24)20(25)23-12-5-11-22-19-8-4-10-21-14-19/h2-4,6-8,10,14,16,22H,5,9,11-13,15H2,1H3,(H,23,25). The first-order chi connectivity index (χ1) is 12.2. The first kappa shape index (κ1) is 17.4. The van der Waals surface area contributed by atoms with E-state index in [0.717, 1.165) is 38.2 Å². The number of carbonyl (C=O) groups is 1. The quantitative estimate of drug-likeness (QED) is 0.762. The number of pyridine rings is 1. The molecular formula is C20H26N4O. The Kier molecular flexibility index (Phi) is 6.01. The van der Waals surface area contributed by atoms with Gasteiger partial charge < -0.3 is 10.6 Å². The van der Waals surface area contributed by atoms with Crippen LogP contribution in [0.4, 0.5) is 5.69 Å². The van der Waals surface area contributed by atoms with Gasteiger partial charge in [0, 0.05) is 38.6 Å². The maximum atomic E-state index is 12.4. The number of benzene rings is 1. The van der Waals surface area contributed by atoms with E-state index in [1.807, 2.05) is 19.1 Å². The van der Waals surface area contributed by atoms with E-state index in [4.69, 9.17) is 0 Å². The molecule has 1 unspecified atom stereocenters. The van der Waals surface area contributed by atoms with Gasteiger partial charge in [0.05, 0.1) is 11.7 Å². The van der Waals surface area contributed by atoms with Crippen LogP contribution in [0.25, 0.3) is 0 Å². The molecule has 1 atom stereocenters. The predicted octanol–water partition coefficient (Wildman–Crippen LogP) is 2.45. The molecule has 0 saturated carbocycles. The van der Waals surface area contributed by atoms with Crippen LogP contribution >= 0.6 is 0 Å². The maximum absolute atomic E-state index is 12.4. The van der Waals surface area contributed by atoms with Crippen LogP contribution < -0.4 is 10.6 Å². The summed E-state index contributed by atoms with van der Waals surface area (Å²) < 4.78 is 0.